The predicted octanol–water partition coefficient (Wildman–Crippen LogP) is 3.45. The number of aromatic amines is 1. The van der Waals surface area contributed by atoms with E-state index in [0.29, 0.717) is 5.56 Å². The van der Waals surface area contributed by atoms with Gasteiger partial charge in [0.05, 0.1) is 11.3 Å². The third kappa shape index (κ3) is 2.19. The summed E-state index contributed by atoms with van der Waals surface area (Å²) >= 11 is 0. The molecule has 3 aromatic rings. The number of nitriles is 1. The summed E-state index contributed by atoms with van der Waals surface area (Å²) in [7, 11) is 0. The number of aromatic nitrogens is 3. The number of nitrogens with one attached hydrogen (secondary N) is 2. The van der Waals surface area contributed by atoms with Crippen molar-refractivity contribution in [1.29, 1.82) is 5.26 Å². The molecular formula is C17H15N5. The third-order valence-corrected chi connectivity index (χ3v) is 4.10. The van der Waals surface area contributed by atoms with Gasteiger partial charge in [-0.05, 0) is 43.4 Å². The summed E-state index contributed by atoms with van der Waals surface area (Å²) in [5.41, 5.74) is 4.77. The van der Waals surface area contributed by atoms with Gasteiger partial charge in [-0.2, -0.15) is 5.26 Å². The van der Waals surface area contributed by atoms with E-state index in [9.17, 15) is 0 Å². The zero-order chi connectivity index (χ0) is 14.9. The number of rotatable bonds is 2. The Kier molecular flexibility index (Phi) is 3.01. The molecule has 3 aromatic heterocycles. The second-order valence-corrected chi connectivity index (χ2v) is 5.57. The lowest BCUT2D eigenvalue weighted by atomic mass is 9.96. The van der Waals surface area contributed by atoms with Crippen molar-refractivity contribution in [3.63, 3.8) is 0 Å². The Morgan fingerprint density at radius 3 is 3.05 bits per heavy atom. The Morgan fingerprint density at radius 2 is 2.14 bits per heavy atom. The van der Waals surface area contributed by atoms with E-state index in [4.69, 9.17) is 10.2 Å². The van der Waals surface area contributed by atoms with Gasteiger partial charge >= 0.3 is 0 Å². The van der Waals surface area contributed by atoms with Crippen molar-refractivity contribution in [2.24, 2.45) is 0 Å². The van der Waals surface area contributed by atoms with Crippen molar-refractivity contribution in [2.45, 2.75) is 25.7 Å². The molecule has 0 atom stereocenters. The summed E-state index contributed by atoms with van der Waals surface area (Å²) in [6.45, 7) is 0. The first-order valence-electron chi connectivity index (χ1n) is 7.46. The molecule has 0 unspecified atom stereocenters. The van der Waals surface area contributed by atoms with Crippen molar-refractivity contribution in [1.82, 2.24) is 15.0 Å². The highest BCUT2D eigenvalue weighted by molar-refractivity contribution is 5.92. The van der Waals surface area contributed by atoms with E-state index in [1.54, 1.807) is 6.20 Å². The van der Waals surface area contributed by atoms with Gasteiger partial charge in [-0.15, -0.1) is 0 Å². The lowest BCUT2D eigenvalue weighted by Crippen LogP contribution is -2.06. The van der Waals surface area contributed by atoms with Crippen LogP contribution in [0.1, 0.15) is 29.7 Å². The molecule has 4 rings (SSSR count). The SMILES string of the molecule is N#Cc1cnc2[nH]cc(Nc3ccc4c(n3)CCCC4)c2c1. The van der Waals surface area contributed by atoms with Crippen molar-refractivity contribution >= 4 is 22.5 Å². The number of fused-ring (bicyclic) bond motifs is 2. The Hall–Kier alpha value is -2.87. The van der Waals surface area contributed by atoms with Gasteiger partial charge in [-0.3, -0.25) is 0 Å². The molecule has 0 fully saturated rings. The molecule has 5 nitrogen and oxygen atoms in total. The van der Waals surface area contributed by atoms with Gasteiger partial charge in [0.25, 0.3) is 0 Å². The number of anilines is 2. The topological polar surface area (TPSA) is 77.4 Å². The molecule has 0 amide bonds. The molecule has 3 heterocycles. The third-order valence-electron chi connectivity index (χ3n) is 4.10. The molecule has 0 saturated heterocycles. The molecule has 1 aliphatic carbocycles. The second-order valence-electron chi connectivity index (χ2n) is 5.57. The average molecular weight is 289 g/mol. The average Bonchev–Trinajstić information content (AvgIpc) is 2.97. The maximum Gasteiger partial charge on any atom is 0.139 e. The van der Waals surface area contributed by atoms with E-state index in [1.165, 1.54) is 24.1 Å². The smallest absolute Gasteiger partial charge is 0.139 e. The highest BCUT2D eigenvalue weighted by Crippen LogP contribution is 2.27. The first kappa shape index (κ1) is 12.8. The van der Waals surface area contributed by atoms with Gasteiger partial charge in [0, 0.05) is 23.5 Å². The van der Waals surface area contributed by atoms with Crippen LogP contribution in [0, 0.1) is 11.3 Å². The summed E-state index contributed by atoms with van der Waals surface area (Å²) in [5, 5.41) is 13.3. The second kappa shape index (κ2) is 5.15. The quantitative estimate of drug-likeness (QED) is 0.757. The maximum atomic E-state index is 9.01. The Bertz CT molecular complexity index is 888. The Morgan fingerprint density at radius 1 is 1.23 bits per heavy atom. The summed E-state index contributed by atoms with van der Waals surface area (Å²) in [6.07, 6.45) is 8.09. The van der Waals surface area contributed by atoms with E-state index in [0.717, 1.165) is 35.4 Å². The molecule has 108 valence electrons. The normalized spacial score (nSPS) is 13.6. The van der Waals surface area contributed by atoms with Crippen LogP contribution in [-0.4, -0.2) is 15.0 Å². The van der Waals surface area contributed by atoms with Crippen molar-refractivity contribution in [3.05, 3.63) is 47.4 Å². The van der Waals surface area contributed by atoms with Gasteiger partial charge in [0.1, 0.15) is 17.5 Å². The minimum atomic E-state index is 0.550. The Labute approximate surface area is 128 Å². The molecule has 22 heavy (non-hydrogen) atoms. The summed E-state index contributed by atoms with van der Waals surface area (Å²) in [6, 6.07) is 8.14. The molecule has 1 aliphatic rings. The van der Waals surface area contributed by atoms with E-state index >= 15 is 0 Å². The van der Waals surface area contributed by atoms with Crippen molar-refractivity contribution < 1.29 is 0 Å². The van der Waals surface area contributed by atoms with E-state index in [-0.39, 0.29) is 0 Å². The number of hydrogen-bond donors (Lipinski definition) is 2. The fourth-order valence-electron chi connectivity index (χ4n) is 2.96. The molecule has 0 spiro atoms. The molecule has 0 saturated carbocycles. The first-order chi connectivity index (χ1) is 10.8. The van der Waals surface area contributed by atoms with Gasteiger partial charge in [-0.1, -0.05) is 6.07 Å². The van der Waals surface area contributed by atoms with Crippen LogP contribution in [0.15, 0.2) is 30.6 Å². The molecule has 0 radical (unpaired) electrons. The van der Waals surface area contributed by atoms with Gasteiger partial charge in [-0.25, -0.2) is 9.97 Å². The zero-order valence-electron chi connectivity index (χ0n) is 12.1. The van der Waals surface area contributed by atoms with Crippen LogP contribution in [0.25, 0.3) is 11.0 Å². The summed E-state index contributed by atoms with van der Waals surface area (Å²) < 4.78 is 0. The van der Waals surface area contributed by atoms with Crippen LogP contribution < -0.4 is 5.32 Å². The van der Waals surface area contributed by atoms with Gasteiger partial charge in [0.2, 0.25) is 0 Å². The monoisotopic (exact) mass is 289 g/mol. The first-order valence-corrected chi connectivity index (χ1v) is 7.46. The van der Waals surface area contributed by atoms with Gasteiger partial charge in [0.15, 0.2) is 0 Å². The number of hydrogen-bond acceptors (Lipinski definition) is 4. The van der Waals surface area contributed by atoms with Crippen LogP contribution in [0.3, 0.4) is 0 Å². The molecule has 2 N–H and O–H groups in total. The molecular weight excluding hydrogens is 274 g/mol. The van der Waals surface area contributed by atoms with E-state index in [1.807, 2.05) is 18.3 Å². The number of H-pyrrole nitrogens is 1. The van der Waals surface area contributed by atoms with E-state index < -0.39 is 0 Å². The fourth-order valence-corrected chi connectivity index (χ4v) is 2.96. The highest BCUT2D eigenvalue weighted by Gasteiger charge is 2.12. The zero-order valence-corrected chi connectivity index (χ0v) is 12.1. The predicted molar refractivity (Wildman–Crippen MR) is 85.0 cm³/mol. The molecule has 0 bridgehead atoms. The lowest BCUT2D eigenvalue weighted by Gasteiger charge is -2.15. The minimum absolute atomic E-state index is 0.550. The van der Waals surface area contributed by atoms with Crippen LogP contribution in [0.2, 0.25) is 0 Å². The largest absolute Gasteiger partial charge is 0.344 e. The fraction of sp³-hybridized carbons (Fsp3) is 0.235. The number of aryl methyl sites for hydroxylation is 2. The summed E-state index contributed by atoms with van der Waals surface area (Å²) in [5.74, 6) is 0.837. The standard InChI is InChI=1S/C17H15N5/c18-8-11-7-13-15(10-20-17(13)19-9-11)22-16-6-5-12-3-1-2-4-14(12)21-16/h5-7,9-10H,1-4H2,(H,19,20)(H,21,22). The number of nitrogens with zero attached hydrogens (tertiary/aromatic N) is 3. The van der Waals surface area contributed by atoms with Crippen LogP contribution >= 0.6 is 0 Å². The molecule has 0 aromatic carbocycles. The molecule has 0 aliphatic heterocycles. The highest BCUT2D eigenvalue weighted by atomic mass is 15.0. The van der Waals surface area contributed by atoms with Gasteiger partial charge < -0.3 is 10.3 Å². The Balaban J connectivity index is 1.70. The van der Waals surface area contributed by atoms with Crippen LogP contribution in [0.4, 0.5) is 11.5 Å². The molecule has 5 heteroatoms. The summed E-state index contributed by atoms with van der Waals surface area (Å²) in [4.78, 5) is 12.1. The van der Waals surface area contributed by atoms with Crippen molar-refractivity contribution in [3.8, 4) is 6.07 Å². The van der Waals surface area contributed by atoms with Crippen LogP contribution in [0.5, 0.6) is 0 Å². The van der Waals surface area contributed by atoms with Crippen LogP contribution in [-0.2, 0) is 12.8 Å². The minimum Gasteiger partial charge on any atom is -0.344 e. The maximum absolute atomic E-state index is 9.01. The van der Waals surface area contributed by atoms with E-state index in [2.05, 4.69) is 27.4 Å². The number of pyridine rings is 2. The van der Waals surface area contributed by atoms with Crippen molar-refractivity contribution in [2.75, 3.05) is 5.32 Å². The lowest BCUT2D eigenvalue weighted by molar-refractivity contribution is 0.669.